The molecular formula is C19H23NO3. The van der Waals surface area contributed by atoms with Gasteiger partial charge in [0.15, 0.2) is 0 Å². The largest absolute Gasteiger partial charge is 0.490 e. The lowest BCUT2D eigenvalue weighted by atomic mass is 10.0. The lowest BCUT2D eigenvalue weighted by Crippen LogP contribution is -2.10. The van der Waals surface area contributed by atoms with Crippen LogP contribution in [0.25, 0.3) is 0 Å². The van der Waals surface area contributed by atoms with Gasteiger partial charge in [-0.05, 0) is 47.7 Å². The van der Waals surface area contributed by atoms with Crippen molar-refractivity contribution in [2.75, 3.05) is 13.2 Å². The Balaban J connectivity index is 1.91. The molecular weight excluding hydrogens is 290 g/mol. The minimum Gasteiger partial charge on any atom is -0.490 e. The second-order valence-electron chi connectivity index (χ2n) is 5.71. The van der Waals surface area contributed by atoms with Gasteiger partial charge in [-0.15, -0.1) is 0 Å². The number of aryl methyl sites for hydroxylation is 1. The molecule has 0 saturated carbocycles. The molecule has 0 atom stereocenters. The molecule has 0 spiro atoms. The van der Waals surface area contributed by atoms with Gasteiger partial charge in [0.2, 0.25) is 0 Å². The Labute approximate surface area is 137 Å². The fraction of sp³-hybridized carbons (Fsp3) is 0.316. The predicted molar refractivity (Wildman–Crippen MR) is 92.1 cm³/mol. The summed E-state index contributed by atoms with van der Waals surface area (Å²) in [5, 5.41) is 11.6. The Bertz CT molecular complexity index is 665. The molecule has 1 N–H and O–H groups in total. The SMILES string of the molecule is Cc1ccc(C(C)C)c(OCCOc2cccc(C=NO)c2)c1. The maximum absolute atomic E-state index is 8.55. The molecule has 4 heteroatoms. The van der Waals surface area contributed by atoms with E-state index in [1.54, 1.807) is 0 Å². The number of hydrogen-bond donors (Lipinski definition) is 1. The summed E-state index contributed by atoms with van der Waals surface area (Å²) in [7, 11) is 0. The predicted octanol–water partition coefficient (Wildman–Crippen LogP) is 4.38. The molecule has 0 aromatic heterocycles. The summed E-state index contributed by atoms with van der Waals surface area (Å²) in [5.41, 5.74) is 3.17. The van der Waals surface area contributed by atoms with E-state index in [1.807, 2.05) is 24.3 Å². The van der Waals surface area contributed by atoms with Gasteiger partial charge >= 0.3 is 0 Å². The number of oxime groups is 1. The molecule has 2 rings (SSSR count). The van der Waals surface area contributed by atoms with Gasteiger partial charge in [0.1, 0.15) is 24.7 Å². The molecule has 0 saturated heterocycles. The Hall–Kier alpha value is -2.49. The second-order valence-corrected chi connectivity index (χ2v) is 5.71. The molecule has 0 fully saturated rings. The number of rotatable bonds is 7. The zero-order valence-electron chi connectivity index (χ0n) is 13.8. The molecule has 23 heavy (non-hydrogen) atoms. The van der Waals surface area contributed by atoms with E-state index in [4.69, 9.17) is 14.7 Å². The standard InChI is InChI=1S/C19H23NO3/c1-14(2)18-8-7-15(3)11-19(18)23-10-9-22-17-6-4-5-16(12-17)13-20-21/h4-8,11-14,21H,9-10H2,1-3H3. The third-order valence-corrected chi connectivity index (χ3v) is 3.47. The van der Waals surface area contributed by atoms with Crippen molar-refractivity contribution in [3.63, 3.8) is 0 Å². The Morgan fingerprint density at radius 1 is 1.09 bits per heavy atom. The molecule has 0 unspecified atom stereocenters. The van der Waals surface area contributed by atoms with Crippen molar-refractivity contribution in [3.8, 4) is 11.5 Å². The minimum absolute atomic E-state index is 0.418. The lowest BCUT2D eigenvalue weighted by molar-refractivity contribution is 0.215. The van der Waals surface area contributed by atoms with Crippen LogP contribution in [0, 0.1) is 6.92 Å². The topological polar surface area (TPSA) is 51.0 Å². The van der Waals surface area contributed by atoms with E-state index >= 15 is 0 Å². The Kier molecular flexibility index (Phi) is 6.03. The zero-order chi connectivity index (χ0) is 16.7. The first-order chi connectivity index (χ1) is 11.1. The molecule has 122 valence electrons. The fourth-order valence-corrected chi connectivity index (χ4v) is 2.31. The van der Waals surface area contributed by atoms with Gasteiger partial charge < -0.3 is 14.7 Å². The van der Waals surface area contributed by atoms with Crippen molar-refractivity contribution in [2.24, 2.45) is 5.16 Å². The van der Waals surface area contributed by atoms with E-state index in [1.165, 1.54) is 17.3 Å². The summed E-state index contributed by atoms with van der Waals surface area (Å²) >= 11 is 0. The Morgan fingerprint density at radius 3 is 2.61 bits per heavy atom. The van der Waals surface area contributed by atoms with Crippen molar-refractivity contribution >= 4 is 6.21 Å². The van der Waals surface area contributed by atoms with Crippen LogP contribution in [-0.4, -0.2) is 24.6 Å². The highest BCUT2D eigenvalue weighted by Crippen LogP contribution is 2.27. The minimum atomic E-state index is 0.418. The van der Waals surface area contributed by atoms with Crippen LogP contribution in [-0.2, 0) is 0 Å². The van der Waals surface area contributed by atoms with Gasteiger partial charge in [-0.3, -0.25) is 0 Å². The van der Waals surface area contributed by atoms with Crippen LogP contribution in [0.1, 0.15) is 36.5 Å². The molecule has 2 aromatic rings. The van der Waals surface area contributed by atoms with Crippen LogP contribution in [0.3, 0.4) is 0 Å². The van der Waals surface area contributed by atoms with E-state index in [0.29, 0.717) is 19.1 Å². The van der Waals surface area contributed by atoms with Crippen LogP contribution < -0.4 is 9.47 Å². The molecule has 0 radical (unpaired) electrons. The highest BCUT2D eigenvalue weighted by atomic mass is 16.5. The van der Waals surface area contributed by atoms with E-state index in [9.17, 15) is 0 Å². The second kappa shape index (κ2) is 8.22. The van der Waals surface area contributed by atoms with Gasteiger partial charge in [-0.1, -0.05) is 43.3 Å². The average Bonchev–Trinajstić information content (AvgIpc) is 2.52. The fourth-order valence-electron chi connectivity index (χ4n) is 2.31. The molecule has 4 nitrogen and oxygen atoms in total. The van der Waals surface area contributed by atoms with Gasteiger partial charge in [-0.25, -0.2) is 0 Å². The third-order valence-electron chi connectivity index (χ3n) is 3.47. The molecule has 0 aliphatic heterocycles. The third kappa shape index (κ3) is 5.02. The molecule has 2 aromatic carbocycles. The van der Waals surface area contributed by atoms with Gasteiger partial charge in [0.25, 0.3) is 0 Å². The summed E-state index contributed by atoms with van der Waals surface area (Å²) in [5.74, 6) is 2.06. The highest BCUT2D eigenvalue weighted by Gasteiger charge is 2.08. The number of hydrogen-bond acceptors (Lipinski definition) is 4. The van der Waals surface area contributed by atoms with Crippen LogP contribution >= 0.6 is 0 Å². The first kappa shape index (κ1) is 16.9. The highest BCUT2D eigenvalue weighted by molar-refractivity contribution is 5.79. The van der Waals surface area contributed by atoms with Gasteiger partial charge in [0.05, 0.1) is 6.21 Å². The first-order valence-corrected chi connectivity index (χ1v) is 7.74. The van der Waals surface area contributed by atoms with Crippen molar-refractivity contribution in [3.05, 3.63) is 59.2 Å². The van der Waals surface area contributed by atoms with E-state index < -0.39 is 0 Å². The maximum atomic E-state index is 8.55. The first-order valence-electron chi connectivity index (χ1n) is 7.74. The molecule has 0 bridgehead atoms. The zero-order valence-corrected chi connectivity index (χ0v) is 13.8. The Morgan fingerprint density at radius 2 is 1.87 bits per heavy atom. The number of nitrogens with zero attached hydrogens (tertiary/aromatic N) is 1. The van der Waals surface area contributed by atoms with Crippen LogP contribution in [0.2, 0.25) is 0 Å². The monoisotopic (exact) mass is 313 g/mol. The van der Waals surface area contributed by atoms with E-state index in [-0.39, 0.29) is 0 Å². The van der Waals surface area contributed by atoms with Crippen LogP contribution in [0.5, 0.6) is 11.5 Å². The van der Waals surface area contributed by atoms with E-state index in [2.05, 4.69) is 44.1 Å². The van der Waals surface area contributed by atoms with Crippen molar-refractivity contribution in [1.82, 2.24) is 0 Å². The summed E-state index contributed by atoms with van der Waals surface area (Å²) in [6.45, 7) is 7.29. The van der Waals surface area contributed by atoms with Crippen molar-refractivity contribution in [1.29, 1.82) is 0 Å². The average molecular weight is 313 g/mol. The molecule has 0 aliphatic rings. The van der Waals surface area contributed by atoms with Crippen LogP contribution in [0.4, 0.5) is 0 Å². The molecule has 0 amide bonds. The van der Waals surface area contributed by atoms with Crippen molar-refractivity contribution < 1.29 is 14.7 Å². The molecule has 0 heterocycles. The van der Waals surface area contributed by atoms with Gasteiger partial charge in [0, 0.05) is 0 Å². The quantitative estimate of drug-likeness (QED) is 0.357. The number of ether oxygens (including phenoxy) is 2. The summed E-state index contributed by atoms with van der Waals surface area (Å²) in [6.07, 6.45) is 1.37. The van der Waals surface area contributed by atoms with E-state index in [0.717, 1.165) is 17.1 Å². The van der Waals surface area contributed by atoms with Crippen molar-refractivity contribution in [2.45, 2.75) is 26.7 Å². The summed E-state index contributed by atoms with van der Waals surface area (Å²) in [6, 6.07) is 13.6. The maximum Gasteiger partial charge on any atom is 0.123 e. The summed E-state index contributed by atoms with van der Waals surface area (Å²) < 4.78 is 11.6. The lowest BCUT2D eigenvalue weighted by Gasteiger charge is -2.15. The van der Waals surface area contributed by atoms with Gasteiger partial charge in [-0.2, -0.15) is 0 Å². The number of benzene rings is 2. The normalized spacial score (nSPS) is 11.1. The molecule has 0 aliphatic carbocycles. The van der Waals surface area contributed by atoms with Crippen LogP contribution in [0.15, 0.2) is 47.6 Å². The smallest absolute Gasteiger partial charge is 0.123 e. The summed E-state index contributed by atoms with van der Waals surface area (Å²) in [4.78, 5) is 0.